The highest BCUT2D eigenvalue weighted by Gasteiger charge is 2.07. The minimum atomic E-state index is -0.881. The van der Waals surface area contributed by atoms with Crippen LogP contribution < -0.4 is 15.4 Å². The average Bonchev–Trinajstić information content (AvgIpc) is 2.17. The van der Waals surface area contributed by atoms with E-state index in [0.29, 0.717) is 11.4 Å². The van der Waals surface area contributed by atoms with Gasteiger partial charge in [-0.25, -0.2) is 0 Å². The standard InChI is InChI=1S/C10H14N2O3/c1-12(6-10(13)14)7-3-4-8(11)9(5-7)15-2/h3-5H,6,11H2,1-2H3,(H,13,14). The van der Waals surface area contributed by atoms with Crippen molar-refractivity contribution in [3.63, 3.8) is 0 Å². The summed E-state index contributed by atoms with van der Waals surface area (Å²) >= 11 is 0. The topological polar surface area (TPSA) is 75.8 Å². The predicted octanol–water partition coefficient (Wildman–Crippen LogP) is 0.798. The van der Waals surface area contributed by atoms with Gasteiger partial charge >= 0.3 is 5.97 Å². The second kappa shape index (κ2) is 4.54. The average molecular weight is 210 g/mol. The normalized spacial score (nSPS) is 9.73. The van der Waals surface area contributed by atoms with Gasteiger partial charge in [0.25, 0.3) is 0 Å². The Kier molecular flexibility index (Phi) is 3.38. The van der Waals surface area contributed by atoms with Gasteiger partial charge in [0.1, 0.15) is 12.3 Å². The first kappa shape index (κ1) is 11.2. The molecule has 0 spiro atoms. The number of methoxy groups -OCH3 is 1. The van der Waals surface area contributed by atoms with Crippen LogP contribution in [0.25, 0.3) is 0 Å². The van der Waals surface area contributed by atoms with Gasteiger partial charge in [0.2, 0.25) is 0 Å². The Morgan fingerprint density at radius 3 is 2.80 bits per heavy atom. The van der Waals surface area contributed by atoms with Crippen molar-refractivity contribution < 1.29 is 14.6 Å². The fourth-order valence-corrected chi connectivity index (χ4v) is 1.23. The summed E-state index contributed by atoms with van der Waals surface area (Å²) in [6.45, 7) is -0.0624. The third-order valence-electron chi connectivity index (χ3n) is 2.03. The molecule has 1 aromatic rings. The number of aliphatic carboxylic acids is 1. The van der Waals surface area contributed by atoms with Crippen LogP contribution in [0.5, 0.6) is 5.75 Å². The molecule has 15 heavy (non-hydrogen) atoms. The summed E-state index contributed by atoms with van der Waals surface area (Å²) in [7, 11) is 3.21. The molecule has 0 bridgehead atoms. The Balaban J connectivity index is 2.90. The lowest BCUT2D eigenvalue weighted by Gasteiger charge is -2.17. The van der Waals surface area contributed by atoms with Crippen LogP contribution >= 0.6 is 0 Å². The van der Waals surface area contributed by atoms with E-state index < -0.39 is 5.97 Å². The van der Waals surface area contributed by atoms with E-state index in [9.17, 15) is 4.79 Å². The summed E-state index contributed by atoms with van der Waals surface area (Å²) in [5.74, 6) is -0.335. The number of anilines is 2. The largest absolute Gasteiger partial charge is 0.495 e. The lowest BCUT2D eigenvalue weighted by atomic mass is 10.2. The lowest BCUT2D eigenvalue weighted by Crippen LogP contribution is -2.25. The SMILES string of the molecule is COc1cc(N(C)CC(=O)O)ccc1N. The fraction of sp³-hybridized carbons (Fsp3) is 0.300. The Morgan fingerprint density at radius 1 is 1.60 bits per heavy atom. The van der Waals surface area contributed by atoms with Crippen molar-refractivity contribution in [2.24, 2.45) is 0 Å². The summed E-state index contributed by atoms with van der Waals surface area (Å²) in [4.78, 5) is 12.1. The molecular weight excluding hydrogens is 196 g/mol. The highest BCUT2D eigenvalue weighted by atomic mass is 16.5. The Labute approximate surface area is 88.1 Å². The number of rotatable bonds is 4. The Bertz CT molecular complexity index is 366. The molecular formula is C10H14N2O3. The maximum absolute atomic E-state index is 10.5. The zero-order valence-corrected chi connectivity index (χ0v) is 8.73. The molecule has 0 aromatic heterocycles. The summed E-state index contributed by atoms with van der Waals surface area (Å²) in [5.41, 5.74) is 6.93. The second-order valence-electron chi connectivity index (χ2n) is 3.18. The van der Waals surface area contributed by atoms with Crippen molar-refractivity contribution >= 4 is 17.3 Å². The van der Waals surface area contributed by atoms with Gasteiger partial charge in [0.05, 0.1) is 12.8 Å². The van der Waals surface area contributed by atoms with Gasteiger partial charge in [-0.3, -0.25) is 4.79 Å². The van der Waals surface area contributed by atoms with Crippen molar-refractivity contribution in [3.05, 3.63) is 18.2 Å². The van der Waals surface area contributed by atoms with Crippen molar-refractivity contribution in [2.45, 2.75) is 0 Å². The molecule has 0 saturated carbocycles. The smallest absolute Gasteiger partial charge is 0.323 e. The summed E-state index contributed by atoms with van der Waals surface area (Å²) in [5, 5.41) is 8.63. The van der Waals surface area contributed by atoms with Crippen LogP contribution in [-0.4, -0.2) is 31.8 Å². The summed E-state index contributed by atoms with van der Waals surface area (Å²) < 4.78 is 5.04. The fourth-order valence-electron chi connectivity index (χ4n) is 1.23. The summed E-state index contributed by atoms with van der Waals surface area (Å²) in [6, 6.07) is 5.14. The zero-order valence-electron chi connectivity index (χ0n) is 8.73. The number of hydrogen-bond donors (Lipinski definition) is 2. The molecule has 1 rings (SSSR count). The molecule has 0 amide bonds. The maximum atomic E-state index is 10.5. The van der Waals surface area contributed by atoms with Crippen molar-refractivity contribution in [1.82, 2.24) is 0 Å². The van der Waals surface area contributed by atoms with Crippen LogP contribution in [-0.2, 0) is 4.79 Å². The minimum Gasteiger partial charge on any atom is -0.495 e. The number of benzene rings is 1. The number of carboxylic acids is 1. The molecule has 0 atom stereocenters. The molecule has 3 N–H and O–H groups in total. The van der Waals surface area contributed by atoms with Gasteiger partial charge in [0, 0.05) is 18.8 Å². The van der Waals surface area contributed by atoms with E-state index in [0.717, 1.165) is 5.69 Å². The number of hydrogen-bond acceptors (Lipinski definition) is 4. The van der Waals surface area contributed by atoms with E-state index in [1.54, 1.807) is 30.1 Å². The number of ether oxygens (including phenoxy) is 1. The van der Waals surface area contributed by atoms with Crippen LogP contribution in [0.1, 0.15) is 0 Å². The third kappa shape index (κ3) is 2.77. The second-order valence-corrected chi connectivity index (χ2v) is 3.18. The molecule has 0 fully saturated rings. The first-order valence-corrected chi connectivity index (χ1v) is 4.41. The number of nitrogens with two attached hydrogens (primary N) is 1. The van der Waals surface area contributed by atoms with Gasteiger partial charge in [-0.15, -0.1) is 0 Å². The first-order valence-electron chi connectivity index (χ1n) is 4.41. The van der Waals surface area contributed by atoms with Crippen LogP contribution in [0.3, 0.4) is 0 Å². The monoisotopic (exact) mass is 210 g/mol. The van der Waals surface area contributed by atoms with Crippen molar-refractivity contribution in [1.29, 1.82) is 0 Å². The quantitative estimate of drug-likeness (QED) is 0.719. The molecule has 0 heterocycles. The van der Waals surface area contributed by atoms with E-state index in [1.165, 1.54) is 7.11 Å². The molecule has 0 aliphatic heterocycles. The van der Waals surface area contributed by atoms with Gasteiger partial charge in [-0.1, -0.05) is 0 Å². The van der Waals surface area contributed by atoms with Gasteiger partial charge < -0.3 is 20.5 Å². The van der Waals surface area contributed by atoms with Gasteiger partial charge in [-0.2, -0.15) is 0 Å². The molecule has 0 saturated heterocycles. The molecule has 82 valence electrons. The van der Waals surface area contributed by atoms with E-state index >= 15 is 0 Å². The van der Waals surface area contributed by atoms with Crippen LogP contribution in [0.4, 0.5) is 11.4 Å². The van der Waals surface area contributed by atoms with Crippen LogP contribution in [0, 0.1) is 0 Å². The lowest BCUT2D eigenvalue weighted by molar-refractivity contribution is -0.135. The predicted molar refractivity (Wildman–Crippen MR) is 58.3 cm³/mol. The van der Waals surface area contributed by atoms with E-state index in [2.05, 4.69) is 0 Å². The van der Waals surface area contributed by atoms with Gasteiger partial charge in [-0.05, 0) is 12.1 Å². The Morgan fingerprint density at radius 2 is 2.27 bits per heavy atom. The molecule has 0 aliphatic rings. The Hall–Kier alpha value is -1.91. The third-order valence-corrected chi connectivity index (χ3v) is 2.03. The highest BCUT2D eigenvalue weighted by molar-refractivity contribution is 5.74. The summed E-state index contributed by atoms with van der Waals surface area (Å²) in [6.07, 6.45) is 0. The first-order chi connectivity index (χ1) is 7.04. The number of carboxylic acid groups (broad SMARTS) is 1. The van der Waals surface area contributed by atoms with Crippen molar-refractivity contribution in [2.75, 3.05) is 31.3 Å². The van der Waals surface area contributed by atoms with E-state index in [1.807, 2.05) is 0 Å². The molecule has 5 heteroatoms. The van der Waals surface area contributed by atoms with E-state index in [-0.39, 0.29) is 6.54 Å². The number of nitrogen functional groups attached to an aromatic ring is 1. The van der Waals surface area contributed by atoms with E-state index in [4.69, 9.17) is 15.6 Å². The number of likely N-dealkylation sites (N-methyl/N-ethyl adjacent to an activating group) is 1. The minimum absolute atomic E-state index is 0.0624. The molecule has 0 unspecified atom stereocenters. The maximum Gasteiger partial charge on any atom is 0.323 e. The molecule has 5 nitrogen and oxygen atoms in total. The number of carbonyl (C=O) groups is 1. The molecule has 1 aromatic carbocycles. The number of nitrogens with zero attached hydrogens (tertiary/aromatic N) is 1. The van der Waals surface area contributed by atoms with Crippen LogP contribution in [0.15, 0.2) is 18.2 Å². The van der Waals surface area contributed by atoms with Crippen molar-refractivity contribution in [3.8, 4) is 5.75 Å². The molecule has 0 aliphatic carbocycles. The molecule has 0 radical (unpaired) electrons. The zero-order chi connectivity index (χ0) is 11.4. The van der Waals surface area contributed by atoms with Crippen LogP contribution in [0.2, 0.25) is 0 Å². The van der Waals surface area contributed by atoms with Gasteiger partial charge in [0.15, 0.2) is 0 Å². The highest BCUT2D eigenvalue weighted by Crippen LogP contribution is 2.26.